The molecule has 3 heterocycles. The number of rotatable bonds is 4. The van der Waals surface area contributed by atoms with E-state index in [4.69, 9.17) is 0 Å². The van der Waals surface area contributed by atoms with Crippen molar-refractivity contribution in [1.29, 1.82) is 0 Å². The molecular formula is C12H12BrN5S. The van der Waals surface area contributed by atoms with Gasteiger partial charge < -0.3 is 9.88 Å². The molecule has 1 N–H and O–H groups in total. The SMILES string of the molecule is Cn1cnc2c(NCCc3sccc3Br)ncnc21. The molecule has 0 amide bonds. The van der Waals surface area contributed by atoms with E-state index in [2.05, 4.69) is 47.6 Å². The average molecular weight is 338 g/mol. The van der Waals surface area contributed by atoms with Gasteiger partial charge in [0.2, 0.25) is 0 Å². The molecule has 0 saturated heterocycles. The lowest BCUT2D eigenvalue weighted by Crippen LogP contribution is -2.06. The van der Waals surface area contributed by atoms with E-state index < -0.39 is 0 Å². The van der Waals surface area contributed by atoms with Crippen LogP contribution < -0.4 is 5.32 Å². The quantitative estimate of drug-likeness (QED) is 0.795. The molecular weight excluding hydrogens is 326 g/mol. The van der Waals surface area contributed by atoms with Crippen LogP contribution in [0.25, 0.3) is 11.2 Å². The van der Waals surface area contributed by atoms with Crippen LogP contribution in [0.15, 0.2) is 28.6 Å². The molecule has 19 heavy (non-hydrogen) atoms. The van der Waals surface area contributed by atoms with Gasteiger partial charge in [0.25, 0.3) is 0 Å². The van der Waals surface area contributed by atoms with Gasteiger partial charge in [-0.2, -0.15) is 0 Å². The Labute approximate surface area is 122 Å². The molecule has 3 aromatic heterocycles. The zero-order chi connectivity index (χ0) is 13.2. The summed E-state index contributed by atoms with van der Waals surface area (Å²) in [6.07, 6.45) is 4.27. The smallest absolute Gasteiger partial charge is 0.165 e. The normalized spacial score (nSPS) is 11.1. The number of anilines is 1. The van der Waals surface area contributed by atoms with Gasteiger partial charge in [0.05, 0.1) is 6.33 Å². The summed E-state index contributed by atoms with van der Waals surface area (Å²) in [7, 11) is 1.93. The van der Waals surface area contributed by atoms with E-state index >= 15 is 0 Å². The van der Waals surface area contributed by atoms with Gasteiger partial charge in [-0.25, -0.2) is 15.0 Å². The molecule has 0 saturated carbocycles. The lowest BCUT2D eigenvalue weighted by atomic mass is 10.3. The van der Waals surface area contributed by atoms with Gasteiger partial charge in [0, 0.05) is 29.4 Å². The minimum absolute atomic E-state index is 0.790. The fourth-order valence-corrected chi connectivity index (χ4v) is 3.43. The Bertz CT molecular complexity index is 705. The molecule has 0 bridgehead atoms. The molecule has 0 aliphatic carbocycles. The van der Waals surface area contributed by atoms with E-state index in [-0.39, 0.29) is 0 Å². The third kappa shape index (κ3) is 2.48. The van der Waals surface area contributed by atoms with Crippen molar-refractivity contribution in [1.82, 2.24) is 19.5 Å². The number of aryl methyl sites for hydroxylation is 1. The second-order valence-corrected chi connectivity index (χ2v) is 5.97. The van der Waals surface area contributed by atoms with Crippen LogP contribution >= 0.6 is 27.3 Å². The Balaban J connectivity index is 1.74. The summed E-state index contributed by atoms with van der Waals surface area (Å²) in [6, 6.07) is 2.07. The largest absolute Gasteiger partial charge is 0.368 e. The number of thiophene rings is 1. The first-order valence-corrected chi connectivity index (χ1v) is 7.51. The summed E-state index contributed by atoms with van der Waals surface area (Å²) in [6.45, 7) is 0.821. The monoisotopic (exact) mass is 337 g/mol. The summed E-state index contributed by atoms with van der Waals surface area (Å²) in [4.78, 5) is 14.1. The molecule has 0 radical (unpaired) electrons. The number of hydrogen-bond donors (Lipinski definition) is 1. The minimum Gasteiger partial charge on any atom is -0.368 e. The van der Waals surface area contributed by atoms with E-state index in [1.807, 2.05) is 11.6 Å². The van der Waals surface area contributed by atoms with Crippen LogP contribution in [0, 0.1) is 0 Å². The van der Waals surface area contributed by atoms with Crippen LogP contribution in [0.5, 0.6) is 0 Å². The predicted molar refractivity (Wildman–Crippen MR) is 80.5 cm³/mol. The number of nitrogens with one attached hydrogen (secondary N) is 1. The van der Waals surface area contributed by atoms with E-state index in [1.165, 1.54) is 9.35 Å². The third-order valence-electron chi connectivity index (χ3n) is 2.83. The zero-order valence-electron chi connectivity index (χ0n) is 10.3. The van der Waals surface area contributed by atoms with Crippen molar-refractivity contribution in [3.63, 3.8) is 0 Å². The van der Waals surface area contributed by atoms with Gasteiger partial charge in [-0.15, -0.1) is 11.3 Å². The van der Waals surface area contributed by atoms with Crippen LogP contribution in [0.1, 0.15) is 4.88 Å². The summed E-state index contributed by atoms with van der Waals surface area (Å²) in [5.41, 5.74) is 1.66. The zero-order valence-corrected chi connectivity index (χ0v) is 12.7. The fraction of sp³-hybridized carbons (Fsp3) is 0.250. The number of aromatic nitrogens is 4. The summed E-state index contributed by atoms with van der Waals surface area (Å²) in [5, 5.41) is 5.41. The van der Waals surface area contributed by atoms with Crippen molar-refractivity contribution in [2.75, 3.05) is 11.9 Å². The Morgan fingerprint density at radius 3 is 3.05 bits per heavy atom. The van der Waals surface area contributed by atoms with Crippen LogP contribution in [0.4, 0.5) is 5.82 Å². The maximum atomic E-state index is 4.32. The molecule has 0 atom stereocenters. The number of halogens is 1. The third-order valence-corrected chi connectivity index (χ3v) is 4.82. The maximum Gasteiger partial charge on any atom is 0.165 e. The first-order valence-electron chi connectivity index (χ1n) is 5.83. The van der Waals surface area contributed by atoms with Crippen molar-refractivity contribution < 1.29 is 0 Å². The highest BCUT2D eigenvalue weighted by Crippen LogP contribution is 2.23. The number of nitrogens with zero attached hydrogens (tertiary/aromatic N) is 4. The maximum absolute atomic E-state index is 4.32. The molecule has 3 rings (SSSR count). The van der Waals surface area contributed by atoms with Crippen LogP contribution in [-0.4, -0.2) is 26.1 Å². The van der Waals surface area contributed by atoms with Gasteiger partial charge in [-0.05, 0) is 27.4 Å². The molecule has 0 aliphatic heterocycles. The molecule has 0 aliphatic rings. The number of hydrogen-bond acceptors (Lipinski definition) is 5. The average Bonchev–Trinajstić information content (AvgIpc) is 2.98. The predicted octanol–water partition coefficient (Wildman–Crippen LogP) is 2.84. The molecule has 3 aromatic rings. The van der Waals surface area contributed by atoms with Crippen molar-refractivity contribution in [2.45, 2.75) is 6.42 Å². The highest BCUT2D eigenvalue weighted by Gasteiger charge is 2.08. The lowest BCUT2D eigenvalue weighted by Gasteiger charge is -2.05. The minimum atomic E-state index is 0.790. The standard InChI is InChI=1S/C12H12BrN5S/c1-18-7-17-10-11(15-6-16-12(10)18)14-4-2-9-8(13)3-5-19-9/h3,5-7H,2,4H2,1H3,(H,14,15,16). The molecule has 5 nitrogen and oxygen atoms in total. The van der Waals surface area contributed by atoms with Crippen molar-refractivity contribution in [3.05, 3.63) is 33.5 Å². The van der Waals surface area contributed by atoms with Crippen LogP contribution in [0.3, 0.4) is 0 Å². The van der Waals surface area contributed by atoms with E-state index in [1.54, 1.807) is 24.0 Å². The summed E-state index contributed by atoms with van der Waals surface area (Å²) < 4.78 is 3.06. The highest BCUT2D eigenvalue weighted by molar-refractivity contribution is 9.10. The summed E-state index contributed by atoms with van der Waals surface area (Å²) in [5.74, 6) is 0.790. The fourth-order valence-electron chi connectivity index (χ4n) is 1.87. The number of imidazole rings is 1. The van der Waals surface area contributed by atoms with Gasteiger partial charge in [-0.3, -0.25) is 0 Å². The second-order valence-electron chi connectivity index (χ2n) is 4.12. The Morgan fingerprint density at radius 2 is 2.26 bits per heavy atom. The molecule has 98 valence electrons. The topological polar surface area (TPSA) is 55.6 Å². The highest BCUT2D eigenvalue weighted by atomic mass is 79.9. The lowest BCUT2D eigenvalue weighted by molar-refractivity contribution is 0.927. The van der Waals surface area contributed by atoms with Gasteiger partial charge in [0.15, 0.2) is 11.5 Å². The Kier molecular flexibility index (Phi) is 3.48. The summed E-state index contributed by atoms with van der Waals surface area (Å²) >= 11 is 5.29. The van der Waals surface area contributed by atoms with Crippen LogP contribution in [-0.2, 0) is 13.5 Å². The first kappa shape index (κ1) is 12.6. The van der Waals surface area contributed by atoms with Gasteiger partial charge in [0.1, 0.15) is 11.8 Å². The molecule has 7 heteroatoms. The number of fused-ring (bicyclic) bond motifs is 1. The van der Waals surface area contributed by atoms with E-state index in [0.717, 1.165) is 29.9 Å². The molecule has 0 fully saturated rings. The molecule has 0 spiro atoms. The first-order chi connectivity index (χ1) is 9.25. The molecule has 0 aromatic carbocycles. The Morgan fingerprint density at radius 1 is 1.37 bits per heavy atom. The van der Waals surface area contributed by atoms with E-state index in [0.29, 0.717) is 0 Å². The van der Waals surface area contributed by atoms with Gasteiger partial charge >= 0.3 is 0 Å². The van der Waals surface area contributed by atoms with E-state index in [9.17, 15) is 0 Å². The Hall–Kier alpha value is -1.47. The van der Waals surface area contributed by atoms with Gasteiger partial charge in [-0.1, -0.05) is 0 Å². The molecule has 0 unspecified atom stereocenters. The van der Waals surface area contributed by atoms with Crippen molar-refractivity contribution >= 4 is 44.2 Å². The van der Waals surface area contributed by atoms with Crippen LogP contribution in [0.2, 0.25) is 0 Å². The van der Waals surface area contributed by atoms with Crippen molar-refractivity contribution in [3.8, 4) is 0 Å². The second kappa shape index (κ2) is 5.26. The van der Waals surface area contributed by atoms with Crippen molar-refractivity contribution in [2.24, 2.45) is 7.05 Å².